The van der Waals surface area contributed by atoms with Gasteiger partial charge in [0.1, 0.15) is 6.67 Å². The molecule has 0 aromatic heterocycles. The molecule has 1 N–H and O–H groups in total. The second-order valence-electron chi connectivity index (χ2n) is 4.67. The fraction of sp³-hybridized carbons (Fsp3) is 0.0714. The minimum absolute atomic E-state index is 0.0000260. The van der Waals surface area contributed by atoms with E-state index in [2.05, 4.69) is 4.99 Å². The molecule has 5 nitrogen and oxygen atoms in total. The van der Waals surface area contributed by atoms with Gasteiger partial charge in [-0.2, -0.15) is 0 Å². The van der Waals surface area contributed by atoms with Crippen molar-refractivity contribution < 1.29 is 13.6 Å². The zero-order valence-corrected chi connectivity index (χ0v) is 13.4. The van der Waals surface area contributed by atoms with Gasteiger partial charge < -0.3 is 0 Å². The SMILES string of the molecule is O=S(=O)(c1cc(Cl)cc(Cl)c1)c1cccc2c1=NCN(O)C=2. The normalized spacial score (nSPS) is 14.0. The Balaban J connectivity index is 2.28. The van der Waals surface area contributed by atoms with Gasteiger partial charge in [-0.1, -0.05) is 35.3 Å². The Morgan fingerprint density at radius 3 is 2.50 bits per heavy atom. The van der Waals surface area contributed by atoms with Crippen molar-refractivity contribution in [1.29, 1.82) is 0 Å². The maximum atomic E-state index is 12.8. The zero-order valence-electron chi connectivity index (χ0n) is 11.1. The molecule has 1 aliphatic rings. The molecule has 0 unspecified atom stereocenters. The van der Waals surface area contributed by atoms with Gasteiger partial charge in [0.25, 0.3) is 0 Å². The van der Waals surface area contributed by atoms with Crippen LogP contribution >= 0.6 is 23.2 Å². The van der Waals surface area contributed by atoms with Crippen LogP contribution in [0.15, 0.2) is 51.2 Å². The van der Waals surface area contributed by atoms with Crippen molar-refractivity contribution >= 4 is 39.2 Å². The highest BCUT2D eigenvalue weighted by atomic mass is 35.5. The summed E-state index contributed by atoms with van der Waals surface area (Å²) in [5.74, 6) is 0. The summed E-state index contributed by atoms with van der Waals surface area (Å²) in [6.07, 6.45) is 1.42. The molecule has 2 aromatic carbocycles. The van der Waals surface area contributed by atoms with Crippen LogP contribution in [0.25, 0.3) is 6.20 Å². The van der Waals surface area contributed by atoms with Gasteiger partial charge in [0.2, 0.25) is 9.84 Å². The van der Waals surface area contributed by atoms with Gasteiger partial charge in [-0.15, -0.1) is 0 Å². The van der Waals surface area contributed by atoms with Crippen LogP contribution in [0.3, 0.4) is 0 Å². The van der Waals surface area contributed by atoms with Crippen LogP contribution in [0.1, 0.15) is 0 Å². The predicted octanol–water partition coefficient (Wildman–Crippen LogP) is 1.85. The Kier molecular flexibility index (Phi) is 3.86. The Bertz CT molecular complexity index is 954. The molecule has 8 heteroatoms. The van der Waals surface area contributed by atoms with E-state index in [-0.39, 0.29) is 26.5 Å². The summed E-state index contributed by atoms with van der Waals surface area (Å²) in [6, 6.07) is 8.87. The van der Waals surface area contributed by atoms with Crippen LogP contribution in [-0.2, 0) is 9.84 Å². The molecule has 3 rings (SSSR count). The lowest BCUT2D eigenvalue weighted by molar-refractivity contribution is -0.0200. The second-order valence-corrected chi connectivity index (χ2v) is 7.46. The average molecular weight is 357 g/mol. The van der Waals surface area contributed by atoms with Gasteiger partial charge in [-0.25, -0.2) is 13.5 Å². The number of hydrogen-bond acceptors (Lipinski definition) is 5. The molecule has 0 saturated heterocycles. The number of benzene rings is 2. The van der Waals surface area contributed by atoms with E-state index in [1.54, 1.807) is 12.1 Å². The van der Waals surface area contributed by atoms with Gasteiger partial charge in [-0.3, -0.25) is 10.2 Å². The van der Waals surface area contributed by atoms with Gasteiger partial charge in [0.15, 0.2) is 0 Å². The third kappa shape index (κ3) is 2.70. The fourth-order valence-corrected chi connectivity index (χ4v) is 4.35. The molecular formula is C14H10Cl2N2O3S. The van der Waals surface area contributed by atoms with E-state index in [4.69, 9.17) is 23.2 Å². The summed E-state index contributed by atoms with van der Waals surface area (Å²) < 4.78 is 25.6. The highest BCUT2D eigenvalue weighted by Crippen LogP contribution is 2.25. The third-order valence-electron chi connectivity index (χ3n) is 3.13. The minimum atomic E-state index is -3.83. The quantitative estimate of drug-likeness (QED) is 0.891. The lowest BCUT2D eigenvalue weighted by Crippen LogP contribution is -2.37. The number of hydrogen-bond donors (Lipinski definition) is 1. The highest BCUT2D eigenvalue weighted by molar-refractivity contribution is 7.91. The summed E-state index contributed by atoms with van der Waals surface area (Å²) in [5.41, 5.74) is 0. The van der Waals surface area contributed by atoms with E-state index in [0.29, 0.717) is 10.6 Å². The van der Waals surface area contributed by atoms with Crippen molar-refractivity contribution in [3.63, 3.8) is 0 Å². The van der Waals surface area contributed by atoms with Crippen LogP contribution in [0.5, 0.6) is 0 Å². The van der Waals surface area contributed by atoms with E-state index in [9.17, 15) is 13.6 Å². The summed E-state index contributed by atoms with van der Waals surface area (Å²) in [7, 11) is -3.83. The van der Waals surface area contributed by atoms with Crippen LogP contribution < -0.4 is 10.6 Å². The summed E-state index contributed by atoms with van der Waals surface area (Å²) in [4.78, 5) is 4.16. The number of hydroxylamine groups is 2. The molecule has 2 aromatic rings. The van der Waals surface area contributed by atoms with Crippen molar-refractivity contribution in [2.24, 2.45) is 4.99 Å². The van der Waals surface area contributed by atoms with Crippen LogP contribution in [0.4, 0.5) is 0 Å². The van der Waals surface area contributed by atoms with Crippen LogP contribution in [0, 0.1) is 0 Å². The fourth-order valence-electron chi connectivity index (χ4n) is 2.18. The first-order chi connectivity index (χ1) is 10.4. The molecule has 0 saturated carbocycles. The molecule has 0 fully saturated rings. The molecule has 0 amide bonds. The molecule has 1 aliphatic heterocycles. The molecule has 0 atom stereocenters. The second kappa shape index (κ2) is 5.55. The standard InChI is InChI=1S/C14H10Cl2N2O3S/c15-10-4-11(16)6-12(5-10)22(20,21)13-3-1-2-9-7-18(19)8-17-14(9)13/h1-7,19H,8H2. The van der Waals surface area contributed by atoms with Crippen molar-refractivity contribution in [3.8, 4) is 0 Å². The summed E-state index contributed by atoms with van der Waals surface area (Å²) >= 11 is 11.8. The number of halogens is 2. The van der Waals surface area contributed by atoms with Crippen LogP contribution in [0.2, 0.25) is 10.0 Å². The van der Waals surface area contributed by atoms with Crippen molar-refractivity contribution in [2.45, 2.75) is 9.79 Å². The Labute approximate surface area is 136 Å². The topological polar surface area (TPSA) is 70.0 Å². The van der Waals surface area contributed by atoms with Crippen molar-refractivity contribution in [2.75, 3.05) is 6.67 Å². The largest absolute Gasteiger partial charge is 0.287 e. The Morgan fingerprint density at radius 1 is 1.14 bits per heavy atom. The maximum Gasteiger partial charge on any atom is 0.208 e. The first-order valence-electron chi connectivity index (χ1n) is 6.20. The lowest BCUT2D eigenvalue weighted by Gasteiger charge is -2.14. The molecular weight excluding hydrogens is 347 g/mol. The van der Waals surface area contributed by atoms with Gasteiger partial charge in [0.05, 0.1) is 15.1 Å². The molecule has 0 spiro atoms. The Morgan fingerprint density at radius 2 is 1.82 bits per heavy atom. The summed E-state index contributed by atoms with van der Waals surface area (Å²) in [6.45, 7) is -0.0319. The van der Waals surface area contributed by atoms with E-state index < -0.39 is 9.84 Å². The molecule has 1 heterocycles. The first kappa shape index (κ1) is 15.3. The van der Waals surface area contributed by atoms with Crippen LogP contribution in [-0.4, -0.2) is 25.4 Å². The lowest BCUT2D eigenvalue weighted by atomic mass is 10.3. The van der Waals surface area contributed by atoms with E-state index in [1.807, 2.05) is 0 Å². The monoisotopic (exact) mass is 356 g/mol. The maximum absolute atomic E-state index is 12.8. The summed E-state index contributed by atoms with van der Waals surface area (Å²) in [5, 5.41) is 11.6. The van der Waals surface area contributed by atoms with Gasteiger partial charge >= 0.3 is 0 Å². The van der Waals surface area contributed by atoms with Gasteiger partial charge in [-0.05, 0) is 24.3 Å². The highest BCUT2D eigenvalue weighted by Gasteiger charge is 2.22. The molecule has 0 radical (unpaired) electrons. The van der Waals surface area contributed by atoms with E-state index in [1.165, 1.54) is 30.5 Å². The number of sulfone groups is 1. The van der Waals surface area contributed by atoms with Gasteiger partial charge in [0, 0.05) is 21.5 Å². The van der Waals surface area contributed by atoms with E-state index in [0.717, 1.165) is 5.06 Å². The molecule has 114 valence electrons. The number of rotatable bonds is 2. The van der Waals surface area contributed by atoms with E-state index >= 15 is 0 Å². The Hall–Kier alpha value is -1.60. The zero-order chi connectivity index (χ0) is 15.9. The predicted molar refractivity (Wildman–Crippen MR) is 82.1 cm³/mol. The third-order valence-corrected chi connectivity index (χ3v) is 5.33. The smallest absolute Gasteiger partial charge is 0.208 e. The average Bonchev–Trinajstić information content (AvgIpc) is 2.45. The molecule has 22 heavy (non-hydrogen) atoms. The molecule has 0 bridgehead atoms. The molecule has 0 aliphatic carbocycles. The first-order valence-corrected chi connectivity index (χ1v) is 8.44. The van der Waals surface area contributed by atoms with Crippen molar-refractivity contribution in [3.05, 3.63) is 57.0 Å². The van der Waals surface area contributed by atoms with Crippen molar-refractivity contribution in [1.82, 2.24) is 5.06 Å². The number of nitrogens with zero attached hydrogens (tertiary/aromatic N) is 2. The number of para-hydroxylation sites is 1. The number of fused-ring (bicyclic) bond motifs is 1. The minimum Gasteiger partial charge on any atom is -0.287 e.